The van der Waals surface area contributed by atoms with E-state index in [-0.39, 0.29) is 37.3 Å². The van der Waals surface area contributed by atoms with Crippen molar-refractivity contribution in [3.8, 4) is 28.4 Å². The van der Waals surface area contributed by atoms with E-state index in [1.54, 1.807) is 0 Å². The molecule has 0 amide bonds. The maximum Gasteiger partial charge on any atom is 0.135 e. The molecule has 0 spiro atoms. The Hall–Kier alpha value is -5.12. The standard InChI is InChI=1S/C56H61N4O.Pt/c1-36(2)46-18-16-19-47(37(3)4)53(46)38-27-42(58-25-26-59(35-58)43-30-40(55(8,9)10)29-41(31-43)56(11,12)13)33-45(28-38)61-44-21-22-49-48-17-14-15-20-50(48)60(51(49)34-44)52-32-39(23-24-57-52)54(5,6)7;/h14-32,35-37H,1-13H3;/q-3;. The molecule has 0 saturated heterocycles. The predicted octanol–water partition coefficient (Wildman–Crippen LogP) is 15.3. The molecule has 0 saturated carbocycles. The van der Waals surface area contributed by atoms with Crippen LogP contribution in [0.5, 0.6) is 11.5 Å². The number of ether oxygens (including phenoxy) is 1. The van der Waals surface area contributed by atoms with Gasteiger partial charge in [-0.15, -0.1) is 53.6 Å². The molecule has 0 unspecified atom stereocenters. The van der Waals surface area contributed by atoms with Gasteiger partial charge in [-0.25, -0.2) is 4.98 Å². The second-order valence-electron chi connectivity index (χ2n) is 20.4. The zero-order chi connectivity index (χ0) is 43.6. The van der Waals surface area contributed by atoms with Crippen LogP contribution < -0.4 is 14.5 Å². The van der Waals surface area contributed by atoms with E-state index in [0.29, 0.717) is 23.3 Å². The third kappa shape index (κ3) is 8.89. The van der Waals surface area contributed by atoms with E-state index in [1.807, 2.05) is 12.3 Å². The third-order valence-corrected chi connectivity index (χ3v) is 12.0. The van der Waals surface area contributed by atoms with Crippen molar-refractivity contribution in [3.63, 3.8) is 0 Å². The van der Waals surface area contributed by atoms with Crippen molar-refractivity contribution < 1.29 is 25.8 Å². The van der Waals surface area contributed by atoms with Crippen molar-refractivity contribution in [2.45, 2.75) is 118 Å². The van der Waals surface area contributed by atoms with E-state index in [2.05, 4.69) is 227 Å². The molecule has 0 N–H and O–H groups in total. The summed E-state index contributed by atoms with van der Waals surface area (Å²) in [5.74, 6) is 2.75. The number of hydrogen-bond acceptors (Lipinski definition) is 4. The number of aromatic nitrogens is 2. The Kier molecular flexibility index (Phi) is 12.2. The Balaban J connectivity index is 0.00000578. The Morgan fingerprint density at radius 2 is 1.23 bits per heavy atom. The average molecular weight is 1000 g/mol. The first-order valence-corrected chi connectivity index (χ1v) is 21.8. The number of anilines is 2. The van der Waals surface area contributed by atoms with Gasteiger partial charge in [0.05, 0.1) is 0 Å². The molecule has 1 aliphatic rings. The molecule has 2 aromatic heterocycles. The van der Waals surface area contributed by atoms with Crippen molar-refractivity contribution >= 4 is 33.2 Å². The molecule has 0 fully saturated rings. The molecule has 0 radical (unpaired) electrons. The van der Waals surface area contributed by atoms with Crippen molar-refractivity contribution in [2.24, 2.45) is 0 Å². The van der Waals surface area contributed by atoms with E-state index >= 15 is 0 Å². The zero-order valence-corrected chi connectivity index (χ0v) is 41.0. The van der Waals surface area contributed by atoms with E-state index in [1.165, 1.54) is 33.4 Å². The molecule has 0 bridgehead atoms. The van der Waals surface area contributed by atoms with Gasteiger partial charge >= 0.3 is 0 Å². The average Bonchev–Trinajstić information content (AvgIpc) is 3.83. The second-order valence-corrected chi connectivity index (χ2v) is 20.4. The van der Waals surface area contributed by atoms with Gasteiger partial charge in [-0.2, -0.15) is 6.07 Å². The van der Waals surface area contributed by atoms with Gasteiger partial charge in [0.2, 0.25) is 0 Å². The van der Waals surface area contributed by atoms with Gasteiger partial charge in [0, 0.05) is 50.0 Å². The fourth-order valence-corrected chi connectivity index (χ4v) is 8.32. The maximum atomic E-state index is 6.91. The minimum atomic E-state index is -0.0264. The summed E-state index contributed by atoms with van der Waals surface area (Å²) in [6.45, 7) is 31.7. The van der Waals surface area contributed by atoms with Gasteiger partial charge < -0.3 is 19.1 Å². The Morgan fingerprint density at radius 3 is 1.85 bits per heavy atom. The quantitative estimate of drug-likeness (QED) is 0.142. The van der Waals surface area contributed by atoms with Crippen molar-refractivity contribution in [1.82, 2.24) is 9.55 Å². The Morgan fingerprint density at radius 1 is 0.597 bits per heavy atom. The number of fused-ring (bicyclic) bond motifs is 3. The number of rotatable bonds is 8. The van der Waals surface area contributed by atoms with Crippen LogP contribution in [0.1, 0.15) is 130 Å². The molecule has 0 atom stereocenters. The minimum Gasteiger partial charge on any atom is -0.509 e. The third-order valence-electron chi connectivity index (χ3n) is 12.0. The summed E-state index contributed by atoms with van der Waals surface area (Å²) in [6, 6.07) is 42.5. The normalized spacial score (nSPS) is 13.5. The van der Waals surface area contributed by atoms with Crippen LogP contribution in [0.2, 0.25) is 0 Å². The van der Waals surface area contributed by atoms with Gasteiger partial charge in [0.1, 0.15) is 5.82 Å². The summed E-state index contributed by atoms with van der Waals surface area (Å²) in [6.07, 6.45) is 6.17. The number of hydrogen-bond donors (Lipinski definition) is 0. The van der Waals surface area contributed by atoms with Gasteiger partial charge in [-0.3, -0.25) is 0 Å². The molecule has 5 nitrogen and oxygen atoms in total. The summed E-state index contributed by atoms with van der Waals surface area (Å²) in [5, 5.41) is 2.24. The van der Waals surface area contributed by atoms with Gasteiger partial charge in [-0.05, 0) is 110 Å². The summed E-state index contributed by atoms with van der Waals surface area (Å²) in [4.78, 5) is 9.27. The maximum absolute atomic E-state index is 6.91. The first-order valence-electron chi connectivity index (χ1n) is 21.8. The topological polar surface area (TPSA) is 33.5 Å². The fraction of sp³-hybridized carbons (Fsp3) is 0.321. The SMILES string of the molecule is CC(C)c1cccc(C(C)C)c1-c1cc(Oc2[c-]c3c(cc2)c2ccccc2n3-c2cc(C(C)(C)C)ccn2)[c-]c(N2C=CN(c3cc(C(C)(C)C)cc(C(C)(C)C)c3)[CH-]2)c1.[Pt]. The van der Waals surface area contributed by atoms with Crippen LogP contribution in [0.15, 0.2) is 116 Å². The van der Waals surface area contributed by atoms with Crippen molar-refractivity contribution in [3.05, 3.63) is 162 Å². The molecule has 5 aromatic carbocycles. The Labute approximate surface area is 385 Å². The van der Waals surface area contributed by atoms with Crippen LogP contribution in [0.4, 0.5) is 11.4 Å². The van der Waals surface area contributed by atoms with E-state index in [9.17, 15) is 0 Å². The molecule has 324 valence electrons. The molecule has 62 heavy (non-hydrogen) atoms. The number of benzene rings is 5. The first-order chi connectivity index (χ1) is 28.8. The summed E-state index contributed by atoms with van der Waals surface area (Å²) in [7, 11) is 0. The number of para-hydroxylation sites is 1. The first kappa shape index (κ1) is 44.9. The molecule has 6 heteroatoms. The molecule has 7 aromatic rings. The van der Waals surface area contributed by atoms with Crippen molar-refractivity contribution in [1.29, 1.82) is 0 Å². The van der Waals surface area contributed by atoms with Gasteiger partial charge in [0.15, 0.2) is 0 Å². The van der Waals surface area contributed by atoms with Crippen LogP contribution in [-0.2, 0) is 37.3 Å². The van der Waals surface area contributed by atoms with Gasteiger partial charge in [-0.1, -0.05) is 138 Å². The van der Waals surface area contributed by atoms with Gasteiger partial charge in [0.25, 0.3) is 0 Å². The monoisotopic (exact) mass is 1000 g/mol. The zero-order valence-electron chi connectivity index (χ0n) is 38.7. The number of pyridine rings is 1. The molecule has 1 aliphatic heterocycles. The summed E-state index contributed by atoms with van der Waals surface area (Å²) >= 11 is 0. The molecule has 0 aliphatic carbocycles. The van der Waals surface area contributed by atoms with Crippen LogP contribution in [0.25, 0.3) is 38.8 Å². The summed E-state index contributed by atoms with van der Waals surface area (Å²) in [5.41, 5.74) is 12.8. The molecule has 8 rings (SSSR count). The minimum absolute atomic E-state index is 0. The molecular weight excluding hydrogens is 940 g/mol. The summed E-state index contributed by atoms with van der Waals surface area (Å²) < 4.78 is 9.12. The van der Waals surface area contributed by atoms with Crippen molar-refractivity contribution in [2.75, 3.05) is 9.80 Å². The van der Waals surface area contributed by atoms with Crippen LogP contribution in [0.3, 0.4) is 0 Å². The smallest absolute Gasteiger partial charge is 0.135 e. The van der Waals surface area contributed by atoms with E-state index in [4.69, 9.17) is 9.72 Å². The van der Waals surface area contributed by atoms with Crippen LogP contribution in [-0.4, -0.2) is 9.55 Å². The largest absolute Gasteiger partial charge is 0.509 e. The van der Waals surface area contributed by atoms with E-state index in [0.717, 1.165) is 44.6 Å². The van der Waals surface area contributed by atoms with Crippen LogP contribution in [0, 0.1) is 18.8 Å². The molecule has 3 heterocycles. The predicted molar refractivity (Wildman–Crippen MR) is 257 cm³/mol. The second kappa shape index (κ2) is 16.9. The number of nitrogens with zero attached hydrogens (tertiary/aromatic N) is 4. The molecular formula is C56H61N4OPt-3. The Bertz CT molecular complexity index is 2730. The van der Waals surface area contributed by atoms with E-state index < -0.39 is 0 Å². The fourth-order valence-electron chi connectivity index (χ4n) is 8.32. The van der Waals surface area contributed by atoms with Crippen LogP contribution >= 0.6 is 0 Å².